The van der Waals surface area contributed by atoms with Crippen molar-refractivity contribution >= 4 is 54.1 Å². The van der Waals surface area contributed by atoms with Gasteiger partial charge in [-0.15, -0.1) is 0 Å². The van der Waals surface area contributed by atoms with Crippen LogP contribution in [0.2, 0.25) is 5.02 Å². The second-order valence-corrected chi connectivity index (χ2v) is 11.4. The van der Waals surface area contributed by atoms with Gasteiger partial charge in [-0.25, -0.2) is 13.8 Å². The summed E-state index contributed by atoms with van der Waals surface area (Å²) in [7, 11) is 0.615. The molecule has 8 heteroatoms. The van der Waals surface area contributed by atoms with E-state index >= 15 is 0 Å². The molecule has 1 aromatic carbocycles. The van der Waals surface area contributed by atoms with Crippen molar-refractivity contribution in [2.24, 2.45) is 5.92 Å². The van der Waals surface area contributed by atoms with Crippen LogP contribution in [0.15, 0.2) is 60.7 Å². The van der Waals surface area contributed by atoms with Crippen LogP contribution in [-0.4, -0.2) is 27.3 Å². The van der Waals surface area contributed by atoms with E-state index in [2.05, 4.69) is 29.6 Å². The molecule has 0 saturated carbocycles. The summed E-state index contributed by atoms with van der Waals surface area (Å²) in [5.41, 5.74) is 6.34. The Hall–Kier alpha value is -3.34. The molecular formula is C35H42ClF2N4P. The molecule has 0 spiro atoms. The van der Waals surface area contributed by atoms with Gasteiger partial charge in [-0.2, -0.15) is 0 Å². The lowest BCUT2D eigenvalue weighted by atomic mass is 9.93. The third-order valence-electron chi connectivity index (χ3n) is 6.44. The Bertz CT molecular complexity index is 1600. The van der Waals surface area contributed by atoms with Gasteiger partial charge < -0.3 is 5.41 Å². The van der Waals surface area contributed by atoms with E-state index in [1.54, 1.807) is 19.3 Å². The smallest absolute Gasteiger partial charge is 0.144 e. The topological polar surface area (TPSA) is 62.5 Å². The third-order valence-corrected chi connectivity index (χ3v) is 7.82. The van der Waals surface area contributed by atoms with Gasteiger partial charge in [0.15, 0.2) is 0 Å². The summed E-state index contributed by atoms with van der Waals surface area (Å²) in [5.74, 6) is 1.20. The fourth-order valence-corrected chi connectivity index (χ4v) is 5.77. The van der Waals surface area contributed by atoms with Crippen molar-refractivity contribution in [1.82, 2.24) is 15.0 Å². The summed E-state index contributed by atoms with van der Waals surface area (Å²) in [4.78, 5) is 14.1. The van der Waals surface area contributed by atoms with Crippen molar-refractivity contribution in [2.75, 3.05) is 6.16 Å². The zero-order chi connectivity index (χ0) is 32.1. The molecule has 4 rings (SSSR count). The van der Waals surface area contributed by atoms with Gasteiger partial charge in [0, 0.05) is 46.9 Å². The van der Waals surface area contributed by atoms with Gasteiger partial charge >= 0.3 is 0 Å². The van der Waals surface area contributed by atoms with Crippen LogP contribution in [0.4, 0.5) is 8.78 Å². The van der Waals surface area contributed by atoms with E-state index in [0.717, 1.165) is 35.3 Å². The van der Waals surface area contributed by atoms with Crippen LogP contribution in [-0.2, 0) is 0 Å². The average Bonchev–Trinajstić information content (AvgIpc) is 3.01. The van der Waals surface area contributed by atoms with Crippen molar-refractivity contribution in [3.05, 3.63) is 105 Å². The molecule has 4 aromatic rings. The first-order valence-corrected chi connectivity index (χ1v) is 16.3. The Morgan fingerprint density at radius 1 is 1.00 bits per heavy atom. The fourth-order valence-electron chi connectivity index (χ4n) is 4.25. The van der Waals surface area contributed by atoms with Crippen LogP contribution in [0, 0.1) is 29.9 Å². The Kier molecular flexibility index (Phi) is 14.8. The van der Waals surface area contributed by atoms with E-state index in [-0.39, 0.29) is 10.6 Å². The number of rotatable bonds is 9. The highest BCUT2D eigenvalue weighted by Gasteiger charge is 2.19. The number of benzene rings is 1. The van der Waals surface area contributed by atoms with E-state index < -0.39 is 11.6 Å². The van der Waals surface area contributed by atoms with Gasteiger partial charge in [0.1, 0.15) is 11.6 Å². The second kappa shape index (κ2) is 17.7. The van der Waals surface area contributed by atoms with Crippen LogP contribution in [0.1, 0.15) is 83.0 Å². The van der Waals surface area contributed by atoms with Crippen LogP contribution in [0.5, 0.6) is 0 Å². The number of nitrogens with one attached hydrogen (secondary N) is 1. The molecule has 3 heterocycles. The van der Waals surface area contributed by atoms with Gasteiger partial charge in [-0.05, 0) is 73.8 Å². The minimum absolute atomic E-state index is 0.164. The lowest BCUT2D eigenvalue weighted by molar-refractivity contribution is 0.581. The zero-order valence-electron chi connectivity index (χ0n) is 26.3. The molecule has 0 amide bonds. The largest absolute Gasteiger partial charge is 0.308 e. The van der Waals surface area contributed by atoms with E-state index in [4.69, 9.17) is 22.0 Å². The molecule has 0 aliphatic carbocycles. The molecule has 1 unspecified atom stereocenters. The molecule has 0 aliphatic rings. The maximum Gasteiger partial charge on any atom is 0.144 e. The first kappa shape index (κ1) is 35.9. The highest BCUT2D eigenvalue weighted by Crippen LogP contribution is 2.35. The molecule has 0 bridgehead atoms. The number of pyridine rings is 3. The number of allylic oxidation sites excluding steroid dienone is 2. The van der Waals surface area contributed by atoms with Crippen LogP contribution in [0.25, 0.3) is 27.8 Å². The Morgan fingerprint density at radius 2 is 1.72 bits per heavy atom. The monoisotopic (exact) mass is 622 g/mol. The summed E-state index contributed by atoms with van der Waals surface area (Å²) in [6.07, 6.45) is 7.00. The molecular weight excluding hydrogens is 581 g/mol. The first-order valence-electron chi connectivity index (χ1n) is 14.7. The zero-order valence-corrected chi connectivity index (χ0v) is 28.1. The maximum atomic E-state index is 15.0. The second-order valence-electron chi connectivity index (χ2n) is 9.75. The first-order chi connectivity index (χ1) is 20.7. The van der Waals surface area contributed by atoms with E-state index in [0.29, 0.717) is 48.1 Å². The van der Waals surface area contributed by atoms with E-state index in [1.165, 1.54) is 12.3 Å². The average molecular weight is 623 g/mol. The lowest BCUT2D eigenvalue weighted by Crippen LogP contribution is -2.02. The summed E-state index contributed by atoms with van der Waals surface area (Å²) >= 11 is 6.03. The van der Waals surface area contributed by atoms with Gasteiger partial charge in [0.25, 0.3) is 0 Å². The van der Waals surface area contributed by atoms with Crippen LogP contribution < -0.4 is 0 Å². The number of nitrogens with zero attached hydrogens (tertiary/aromatic N) is 3. The quantitative estimate of drug-likeness (QED) is 0.0874. The SMILES string of the molecule is C/C(=C(/c1ccc2ncc(/C(C=N)=C/PCCC(C)C)cc2n1)c1ncccc1C)c1cc(Cl)c(F)cc1F.CC.CC. The Labute approximate surface area is 262 Å². The minimum Gasteiger partial charge on any atom is -0.308 e. The van der Waals surface area contributed by atoms with Crippen molar-refractivity contribution < 1.29 is 8.78 Å². The van der Waals surface area contributed by atoms with E-state index in [1.807, 2.05) is 65.0 Å². The predicted octanol–water partition coefficient (Wildman–Crippen LogP) is 11.0. The summed E-state index contributed by atoms with van der Waals surface area (Å²) in [6.45, 7) is 16.1. The summed E-state index contributed by atoms with van der Waals surface area (Å²) < 4.78 is 28.9. The number of fused-ring (bicyclic) bond motifs is 1. The Balaban J connectivity index is 0.00000155. The minimum atomic E-state index is -0.816. The number of aromatic nitrogens is 3. The number of hydrogen-bond acceptors (Lipinski definition) is 4. The predicted molar refractivity (Wildman–Crippen MR) is 184 cm³/mol. The maximum absolute atomic E-state index is 15.0. The van der Waals surface area contributed by atoms with Crippen LogP contribution >= 0.6 is 20.2 Å². The molecule has 1 atom stereocenters. The third kappa shape index (κ3) is 9.32. The molecule has 0 aliphatic heterocycles. The van der Waals surface area contributed by atoms with Crippen LogP contribution in [0.3, 0.4) is 0 Å². The number of hydrogen-bond donors (Lipinski definition) is 1. The van der Waals surface area contributed by atoms with Crippen molar-refractivity contribution in [3.63, 3.8) is 0 Å². The van der Waals surface area contributed by atoms with Crippen molar-refractivity contribution in [2.45, 2.75) is 61.8 Å². The Morgan fingerprint density at radius 3 is 2.37 bits per heavy atom. The van der Waals surface area contributed by atoms with Gasteiger partial charge in [0.05, 0.1) is 27.4 Å². The normalized spacial score (nSPS) is 12.0. The van der Waals surface area contributed by atoms with Gasteiger partial charge in [-0.3, -0.25) is 9.97 Å². The summed E-state index contributed by atoms with van der Waals surface area (Å²) in [6, 6.07) is 11.4. The molecule has 1 N–H and O–H groups in total. The van der Waals surface area contributed by atoms with Crippen molar-refractivity contribution in [3.8, 4) is 0 Å². The van der Waals surface area contributed by atoms with Gasteiger partial charge in [0.2, 0.25) is 0 Å². The fraction of sp³-hybridized carbons (Fsp3) is 0.314. The molecule has 3 aromatic heterocycles. The number of halogens is 3. The van der Waals surface area contributed by atoms with Crippen molar-refractivity contribution in [1.29, 1.82) is 5.41 Å². The number of aryl methyl sites for hydroxylation is 1. The molecule has 0 radical (unpaired) electrons. The highest BCUT2D eigenvalue weighted by atomic mass is 35.5. The molecule has 4 nitrogen and oxygen atoms in total. The van der Waals surface area contributed by atoms with E-state index in [9.17, 15) is 8.78 Å². The summed E-state index contributed by atoms with van der Waals surface area (Å²) in [5, 5.41) is 7.79. The van der Waals surface area contributed by atoms with Gasteiger partial charge in [-0.1, -0.05) is 73.6 Å². The molecule has 0 saturated heterocycles. The standard InChI is InChI=1S/C31H30ClF2N4P.2C2H6/c1-18(2)9-11-39-17-22(15-35)21-12-29-27(37-16-21)7-8-28(38-29)30(31-19(3)6-5-10-36-31)20(4)23-13-24(32)26(34)14-25(23)33;2*1-2/h5-8,10,12-18,35,39H,9,11H2,1-4H3;2*1-2H3/b22-17+,30-20+,35-15?;;. The molecule has 228 valence electrons. The lowest BCUT2D eigenvalue weighted by Gasteiger charge is -2.16. The molecule has 0 fully saturated rings. The molecule has 43 heavy (non-hydrogen) atoms. The highest BCUT2D eigenvalue weighted by molar-refractivity contribution is 7.42.